The van der Waals surface area contributed by atoms with Crippen molar-refractivity contribution in [1.29, 1.82) is 0 Å². The highest BCUT2D eigenvalue weighted by Gasteiger charge is 2.39. The molecular formula is C16H30O6Si. The molecule has 0 aromatic carbocycles. The van der Waals surface area contributed by atoms with Crippen molar-refractivity contribution >= 4 is 14.5 Å². The van der Waals surface area contributed by atoms with Gasteiger partial charge in [-0.3, -0.25) is 0 Å². The zero-order valence-corrected chi connectivity index (χ0v) is 16.3. The van der Waals surface area contributed by atoms with Crippen LogP contribution in [0, 0.1) is 0 Å². The van der Waals surface area contributed by atoms with Crippen LogP contribution >= 0.6 is 0 Å². The highest BCUT2D eigenvalue weighted by atomic mass is 28.4. The van der Waals surface area contributed by atoms with Gasteiger partial charge in [-0.2, -0.15) is 0 Å². The van der Waals surface area contributed by atoms with Crippen LogP contribution in [0.1, 0.15) is 27.7 Å². The molecule has 0 N–H and O–H groups in total. The Balaban J connectivity index is 2.76. The summed E-state index contributed by atoms with van der Waals surface area (Å²) in [5.41, 5.74) is 0. The van der Waals surface area contributed by atoms with Crippen molar-refractivity contribution in [2.24, 2.45) is 0 Å². The Bertz CT molecular complexity index is 415. The maximum Gasteiger partial charge on any atom is 0.508 e. The number of carbonyl (C=O) groups excluding carboxylic acids is 1. The number of methoxy groups -OCH3 is 1. The maximum absolute atomic E-state index is 11.4. The third-order valence-corrected chi connectivity index (χ3v) is 8.78. The molecule has 0 saturated heterocycles. The average Bonchev–Trinajstić information content (AvgIpc) is 2.46. The van der Waals surface area contributed by atoms with Crippen molar-refractivity contribution in [2.45, 2.75) is 64.3 Å². The first-order valence-corrected chi connectivity index (χ1v) is 10.9. The van der Waals surface area contributed by atoms with E-state index in [1.165, 1.54) is 7.11 Å². The highest BCUT2D eigenvalue weighted by Crippen LogP contribution is 2.37. The van der Waals surface area contributed by atoms with Crippen LogP contribution in [-0.4, -0.2) is 53.3 Å². The quantitative estimate of drug-likeness (QED) is 0.417. The Hall–Kier alpha value is -0.893. The lowest BCUT2D eigenvalue weighted by Gasteiger charge is -2.39. The highest BCUT2D eigenvalue weighted by molar-refractivity contribution is 6.74. The van der Waals surface area contributed by atoms with Gasteiger partial charge in [-0.15, -0.1) is 0 Å². The van der Waals surface area contributed by atoms with Gasteiger partial charge in [-0.05, 0) is 37.2 Å². The predicted molar refractivity (Wildman–Crippen MR) is 89.9 cm³/mol. The van der Waals surface area contributed by atoms with E-state index in [0.717, 1.165) is 0 Å². The van der Waals surface area contributed by atoms with E-state index in [4.69, 9.17) is 18.6 Å². The van der Waals surface area contributed by atoms with Crippen molar-refractivity contribution in [2.75, 3.05) is 20.3 Å². The SMILES string of the molecule is CCO[C@@H]1C=C[C@H](OC(=O)OC)[C@@H](CO[Si](C)(C)C(C)(C)C)O1. The Labute approximate surface area is 140 Å². The Morgan fingerprint density at radius 3 is 2.43 bits per heavy atom. The van der Waals surface area contributed by atoms with Crippen LogP contribution in [0.2, 0.25) is 18.1 Å². The molecular weight excluding hydrogens is 316 g/mol. The van der Waals surface area contributed by atoms with Gasteiger partial charge >= 0.3 is 6.16 Å². The standard InChI is InChI=1S/C16H30O6Si/c1-8-19-14-10-9-12(22-15(17)18-5)13(21-14)11-20-23(6,7)16(2,3)4/h9-10,12-14H,8,11H2,1-7H3/t12-,13+,14-/m0/s1. The van der Waals surface area contributed by atoms with Gasteiger partial charge < -0.3 is 23.4 Å². The van der Waals surface area contributed by atoms with Gasteiger partial charge in [0.1, 0.15) is 6.10 Å². The second-order valence-corrected chi connectivity index (χ2v) is 11.8. The van der Waals surface area contributed by atoms with Gasteiger partial charge in [0.05, 0.1) is 13.7 Å². The summed E-state index contributed by atoms with van der Waals surface area (Å²) in [6.07, 6.45) is 1.33. The first-order valence-electron chi connectivity index (χ1n) is 7.94. The van der Waals surface area contributed by atoms with Crippen LogP contribution in [0.15, 0.2) is 12.2 Å². The van der Waals surface area contributed by atoms with Gasteiger partial charge in [-0.25, -0.2) is 4.79 Å². The number of hydrogen-bond acceptors (Lipinski definition) is 6. The molecule has 7 heteroatoms. The van der Waals surface area contributed by atoms with E-state index in [2.05, 4.69) is 38.6 Å². The minimum atomic E-state index is -1.92. The van der Waals surface area contributed by atoms with E-state index < -0.39 is 33.0 Å². The third kappa shape index (κ3) is 5.91. The van der Waals surface area contributed by atoms with Gasteiger partial charge in [0, 0.05) is 6.61 Å². The van der Waals surface area contributed by atoms with Crippen LogP contribution in [0.5, 0.6) is 0 Å². The summed E-state index contributed by atoms with van der Waals surface area (Å²) in [6.45, 7) is 13.6. The number of hydrogen-bond donors (Lipinski definition) is 0. The second-order valence-electron chi connectivity index (χ2n) is 6.99. The molecule has 134 valence electrons. The van der Waals surface area contributed by atoms with Gasteiger partial charge in [0.25, 0.3) is 0 Å². The molecule has 0 spiro atoms. The van der Waals surface area contributed by atoms with E-state index in [1.54, 1.807) is 12.2 Å². The number of carbonyl (C=O) groups is 1. The van der Waals surface area contributed by atoms with Gasteiger partial charge in [0.15, 0.2) is 20.7 Å². The fraction of sp³-hybridized carbons (Fsp3) is 0.812. The molecule has 23 heavy (non-hydrogen) atoms. The van der Waals surface area contributed by atoms with Crippen molar-refractivity contribution in [3.8, 4) is 0 Å². The molecule has 0 aliphatic carbocycles. The van der Waals surface area contributed by atoms with Gasteiger partial charge in [-0.1, -0.05) is 20.8 Å². The van der Waals surface area contributed by atoms with Crippen molar-refractivity contribution < 1.29 is 28.2 Å². The molecule has 0 fully saturated rings. The van der Waals surface area contributed by atoms with Crippen LogP contribution < -0.4 is 0 Å². The minimum absolute atomic E-state index is 0.0928. The zero-order valence-electron chi connectivity index (χ0n) is 15.3. The molecule has 1 aliphatic rings. The van der Waals surface area contributed by atoms with E-state index in [9.17, 15) is 4.79 Å². The molecule has 0 radical (unpaired) electrons. The van der Waals surface area contributed by atoms with Crippen molar-refractivity contribution in [3.05, 3.63) is 12.2 Å². The second kappa shape index (κ2) is 8.28. The Morgan fingerprint density at radius 2 is 1.91 bits per heavy atom. The number of rotatable bonds is 6. The van der Waals surface area contributed by atoms with Gasteiger partial charge in [0.2, 0.25) is 0 Å². The monoisotopic (exact) mass is 346 g/mol. The summed E-state index contributed by atoms with van der Waals surface area (Å²) < 4.78 is 27.3. The van der Waals surface area contributed by atoms with E-state index in [0.29, 0.717) is 13.2 Å². The molecule has 1 aliphatic heterocycles. The lowest BCUT2D eigenvalue weighted by Crippen LogP contribution is -2.47. The van der Waals surface area contributed by atoms with Crippen LogP contribution in [0.25, 0.3) is 0 Å². The predicted octanol–water partition coefficient (Wildman–Crippen LogP) is 3.48. The van der Waals surface area contributed by atoms with E-state index in [-0.39, 0.29) is 5.04 Å². The topological polar surface area (TPSA) is 63.2 Å². The normalized spacial score (nSPS) is 25.3. The first-order chi connectivity index (χ1) is 10.6. The summed E-state index contributed by atoms with van der Waals surface area (Å²) in [5, 5.41) is 0.0928. The third-order valence-electron chi connectivity index (χ3n) is 4.28. The molecule has 0 aromatic heterocycles. The Kier molecular flexibility index (Phi) is 7.25. The lowest BCUT2D eigenvalue weighted by molar-refractivity contribution is -0.179. The minimum Gasteiger partial charge on any atom is -0.438 e. The molecule has 0 saturated carbocycles. The van der Waals surface area contributed by atoms with Crippen molar-refractivity contribution in [1.82, 2.24) is 0 Å². The summed E-state index contributed by atoms with van der Waals surface area (Å²) in [5.74, 6) is 0. The maximum atomic E-state index is 11.4. The fourth-order valence-corrected chi connectivity index (χ4v) is 2.81. The van der Waals surface area contributed by atoms with Crippen LogP contribution in [0.3, 0.4) is 0 Å². The lowest BCUT2D eigenvalue weighted by atomic mass is 10.1. The van der Waals surface area contributed by atoms with E-state index in [1.807, 2.05) is 6.92 Å². The molecule has 0 bridgehead atoms. The molecule has 0 unspecified atom stereocenters. The molecule has 6 nitrogen and oxygen atoms in total. The summed E-state index contributed by atoms with van der Waals surface area (Å²) in [4.78, 5) is 11.4. The summed E-state index contributed by atoms with van der Waals surface area (Å²) in [7, 11) is -0.646. The average molecular weight is 346 g/mol. The first kappa shape index (κ1) is 20.2. The zero-order chi connectivity index (χ0) is 17.7. The fourth-order valence-electron chi connectivity index (χ4n) is 1.79. The summed E-state index contributed by atoms with van der Waals surface area (Å²) in [6, 6.07) is 0. The summed E-state index contributed by atoms with van der Waals surface area (Å²) >= 11 is 0. The molecule has 0 aromatic rings. The molecule has 1 heterocycles. The molecule has 3 atom stereocenters. The van der Waals surface area contributed by atoms with E-state index >= 15 is 0 Å². The van der Waals surface area contributed by atoms with Crippen molar-refractivity contribution in [3.63, 3.8) is 0 Å². The smallest absolute Gasteiger partial charge is 0.438 e. The Morgan fingerprint density at radius 1 is 1.26 bits per heavy atom. The number of ether oxygens (including phenoxy) is 4. The molecule has 0 amide bonds. The largest absolute Gasteiger partial charge is 0.508 e. The van der Waals surface area contributed by atoms with Crippen LogP contribution in [0.4, 0.5) is 4.79 Å². The van der Waals surface area contributed by atoms with Crippen LogP contribution in [-0.2, 0) is 23.4 Å². The molecule has 1 rings (SSSR count).